The Bertz CT molecular complexity index is 684. The van der Waals surface area contributed by atoms with Gasteiger partial charge in [-0.15, -0.1) is 0 Å². The molecular formula is C20H24N2O3. The molecule has 0 atom stereocenters. The third-order valence-corrected chi connectivity index (χ3v) is 4.02. The van der Waals surface area contributed by atoms with E-state index in [1.165, 1.54) is 0 Å². The van der Waals surface area contributed by atoms with E-state index in [1.807, 2.05) is 35.2 Å². The fourth-order valence-corrected chi connectivity index (χ4v) is 2.57. The Kier molecular flexibility index (Phi) is 7.16. The average molecular weight is 340 g/mol. The Hall–Kier alpha value is -2.66. The molecule has 2 amide bonds. The van der Waals surface area contributed by atoms with Crippen LogP contribution in [0, 0.1) is 0 Å². The van der Waals surface area contributed by atoms with E-state index in [1.54, 1.807) is 29.7 Å². The number of benzene rings is 2. The van der Waals surface area contributed by atoms with E-state index in [-0.39, 0.29) is 5.91 Å². The summed E-state index contributed by atoms with van der Waals surface area (Å²) in [7, 11) is 0. The van der Waals surface area contributed by atoms with Crippen LogP contribution in [0.1, 0.15) is 41.3 Å². The lowest BCUT2D eigenvalue weighted by Gasteiger charge is -2.23. The number of carbonyl (C=O) groups is 2. The van der Waals surface area contributed by atoms with Crippen LogP contribution in [0.2, 0.25) is 0 Å². The van der Waals surface area contributed by atoms with Gasteiger partial charge in [0.2, 0.25) is 5.91 Å². The average Bonchev–Trinajstić information content (AvgIpc) is 2.65. The van der Waals surface area contributed by atoms with Crippen LogP contribution in [0.3, 0.4) is 0 Å². The predicted octanol–water partition coefficient (Wildman–Crippen LogP) is 3.18. The Morgan fingerprint density at radius 1 is 1.00 bits per heavy atom. The fraction of sp³-hybridized carbons (Fsp3) is 0.300. The standard InChI is InChI=1S/C20H24N2O3/c1-2-3-13-22(19(23)14-16-7-5-4-6-8-16)15-17-9-11-18(12-10-17)20(24)21-25/h4-12,25H,2-3,13-15H2,1H3,(H,21,24). The van der Waals surface area contributed by atoms with Crippen LogP contribution in [0.4, 0.5) is 0 Å². The Morgan fingerprint density at radius 2 is 1.68 bits per heavy atom. The number of hydrogen-bond acceptors (Lipinski definition) is 3. The van der Waals surface area contributed by atoms with Crippen molar-refractivity contribution in [1.82, 2.24) is 10.4 Å². The molecule has 0 unspecified atom stereocenters. The second kappa shape index (κ2) is 9.59. The fourth-order valence-electron chi connectivity index (χ4n) is 2.57. The molecule has 2 rings (SSSR count). The first-order valence-electron chi connectivity index (χ1n) is 8.49. The highest BCUT2D eigenvalue weighted by molar-refractivity contribution is 5.93. The number of amides is 2. The maximum atomic E-state index is 12.7. The zero-order valence-corrected chi connectivity index (χ0v) is 14.4. The normalized spacial score (nSPS) is 10.3. The van der Waals surface area contributed by atoms with Gasteiger partial charge >= 0.3 is 0 Å². The molecule has 0 aliphatic carbocycles. The maximum Gasteiger partial charge on any atom is 0.274 e. The SMILES string of the molecule is CCCCN(Cc1ccc(C(=O)NO)cc1)C(=O)Cc1ccccc1. The highest BCUT2D eigenvalue weighted by Crippen LogP contribution is 2.11. The topological polar surface area (TPSA) is 69.6 Å². The lowest BCUT2D eigenvalue weighted by molar-refractivity contribution is -0.131. The van der Waals surface area contributed by atoms with E-state index >= 15 is 0 Å². The quantitative estimate of drug-likeness (QED) is 0.573. The summed E-state index contributed by atoms with van der Waals surface area (Å²) >= 11 is 0. The summed E-state index contributed by atoms with van der Waals surface area (Å²) in [5.74, 6) is -0.452. The van der Waals surface area contributed by atoms with Crippen molar-refractivity contribution in [1.29, 1.82) is 0 Å². The van der Waals surface area contributed by atoms with E-state index < -0.39 is 5.91 Å². The van der Waals surface area contributed by atoms with E-state index in [0.29, 0.717) is 25.1 Å². The van der Waals surface area contributed by atoms with Crippen molar-refractivity contribution < 1.29 is 14.8 Å². The van der Waals surface area contributed by atoms with Crippen LogP contribution in [-0.4, -0.2) is 28.5 Å². The van der Waals surface area contributed by atoms with Gasteiger partial charge < -0.3 is 4.90 Å². The number of rotatable bonds is 8. The highest BCUT2D eigenvalue weighted by Gasteiger charge is 2.14. The first-order valence-corrected chi connectivity index (χ1v) is 8.49. The molecule has 2 aromatic carbocycles. The minimum Gasteiger partial charge on any atom is -0.338 e. The zero-order valence-electron chi connectivity index (χ0n) is 14.4. The molecule has 0 bridgehead atoms. The van der Waals surface area contributed by atoms with Crippen LogP contribution in [0.15, 0.2) is 54.6 Å². The maximum absolute atomic E-state index is 12.7. The Labute approximate surface area is 148 Å². The summed E-state index contributed by atoms with van der Waals surface area (Å²) in [6.07, 6.45) is 2.35. The van der Waals surface area contributed by atoms with Gasteiger partial charge in [-0.3, -0.25) is 14.8 Å². The first kappa shape index (κ1) is 18.7. The number of nitrogens with zero attached hydrogens (tertiary/aromatic N) is 1. The Morgan fingerprint density at radius 3 is 2.28 bits per heavy atom. The second-order valence-electron chi connectivity index (χ2n) is 5.97. The number of nitrogens with one attached hydrogen (secondary N) is 1. The first-order chi connectivity index (χ1) is 12.1. The molecule has 0 aliphatic heterocycles. The summed E-state index contributed by atoms with van der Waals surface area (Å²) in [6, 6.07) is 16.6. The molecule has 0 aromatic heterocycles. The van der Waals surface area contributed by atoms with Crippen LogP contribution < -0.4 is 5.48 Å². The van der Waals surface area contributed by atoms with Crippen molar-refractivity contribution in [2.24, 2.45) is 0 Å². The molecule has 0 aliphatic rings. The molecule has 0 radical (unpaired) electrons. The third kappa shape index (κ3) is 5.72. The number of unbranched alkanes of at least 4 members (excludes halogenated alkanes) is 1. The minimum atomic E-state index is -0.547. The summed E-state index contributed by atoms with van der Waals surface area (Å²) < 4.78 is 0. The van der Waals surface area contributed by atoms with Gasteiger partial charge in [0.15, 0.2) is 0 Å². The molecule has 5 heteroatoms. The monoisotopic (exact) mass is 340 g/mol. The van der Waals surface area contributed by atoms with Gasteiger partial charge in [-0.05, 0) is 29.7 Å². The van der Waals surface area contributed by atoms with Gasteiger partial charge in [0, 0.05) is 18.7 Å². The van der Waals surface area contributed by atoms with Gasteiger partial charge in [-0.2, -0.15) is 0 Å². The number of hydroxylamine groups is 1. The van der Waals surface area contributed by atoms with Crippen molar-refractivity contribution in [2.45, 2.75) is 32.7 Å². The van der Waals surface area contributed by atoms with Gasteiger partial charge in [0.05, 0.1) is 6.42 Å². The van der Waals surface area contributed by atoms with Gasteiger partial charge in [-0.25, -0.2) is 5.48 Å². The van der Waals surface area contributed by atoms with Gasteiger partial charge in [0.25, 0.3) is 5.91 Å². The van der Waals surface area contributed by atoms with Gasteiger partial charge in [0.1, 0.15) is 0 Å². The lowest BCUT2D eigenvalue weighted by atomic mass is 10.1. The van der Waals surface area contributed by atoms with Gasteiger partial charge in [-0.1, -0.05) is 55.8 Å². The zero-order chi connectivity index (χ0) is 18.1. The highest BCUT2D eigenvalue weighted by atomic mass is 16.5. The predicted molar refractivity (Wildman–Crippen MR) is 96.2 cm³/mol. The second-order valence-corrected chi connectivity index (χ2v) is 5.97. The Balaban J connectivity index is 2.06. The van der Waals surface area contributed by atoms with E-state index in [4.69, 9.17) is 5.21 Å². The molecule has 0 spiro atoms. The van der Waals surface area contributed by atoms with Crippen molar-refractivity contribution in [3.63, 3.8) is 0 Å². The molecule has 25 heavy (non-hydrogen) atoms. The molecule has 2 aromatic rings. The minimum absolute atomic E-state index is 0.0943. The molecular weight excluding hydrogens is 316 g/mol. The van der Waals surface area contributed by atoms with Crippen molar-refractivity contribution in [3.05, 3.63) is 71.3 Å². The molecule has 5 nitrogen and oxygen atoms in total. The van der Waals surface area contributed by atoms with E-state index in [2.05, 4.69) is 6.92 Å². The number of hydrogen-bond donors (Lipinski definition) is 2. The smallest absolute Gasteiger partial charge is 0.274 e. The summed E-state index contributed by atoms with van der Waals surface area (Å²) in [6.45, 7) is 3.32. The number of carbonyl (C=O) groups excluding carboxylic acids is 2. The van der Waals surface area contributed by atoms with Crippen molar-refractivity contribution in [2.75, 3.05) is 6.54 Å². The van der Waals surface area contributed by atoms with E-state index in [0.717, 1.165) is 24.0 Å². The van der Waals surface area contributed by atoms with Crippen molar-refractivity contribution >= 4 is 11.8 Å². The molecule has 0 saturated carbocycles. The summed E-state index contributed by atoms with van der Waals surface area (Å²) in [4.78, 5) is 25.9. The van der Waals surface area contributed by atoms with Crippen LogP contribution >= 0.6 is 0 Å². The summed E-state index contributed by atoms with van der Waals surface area (Å²) in [5, 5.41) is 8.66. The van der Waals surface area contributed by atoms with Crippen LogP contribution in [0.5, 0.6) is 0 Å². The lowest BCUT2D eigenvalue weighted by Crippen LogP contribution is -2.32. The van der Waals surface area contributed by atoms with Crippen LogP contribution in [-0.2, 0) is 17.8 Å². The third-order valence-electron chi connectivity index (χ3n) is 4.02. The van der Waals surface area contributed by atoms with Crippen molar-refractivity contribution in [3.8, 4) is 0 Å². The van der Waals surface area contributed by atoms with Crippen LogP contribution in [0.25, 0.3) is 0 Å². The molecule has 2 N–H and O–H groups in total. The molecule has 0 heterocycles. The molecule has 0 fully saturated rings. The largest absolute Gasteiger partial charge is 0.338 e. The molecule has 0 saturated heterocycles. The van der Waals surface area contributed by atoms with E-state index in [9.17, 15) is 9.59 Å². The summed E-state index contributed by atoms with van der Waals surface area (Å²) in [5.41, 5.74) is 3.94. The molecule has 132 valence electrons.